The summed E-state index contributed by atoms with van der Waals surface area (Å²) in [6.45, 7) is 4.50. The second-order valence-corrected chi connectivity index (χ2v) is 9.45. The predicted molar refractivity (Wildman–Crippen MR) is 132 cm³/mol. The van der Waals surface area contributed by atoms with Crippen molar-refractivity contribution in [3.63, 3.8) is 0 Å². The molecule has 1 N–H and O–H groups in total. The minimum Gasteiger partial charge on any atom is -0.510 e. The van der Waals surface area contributed by atoms with Crippen LogP contribution in [0.4, 0.5) is 0 Å². The highest BCUT2D eigenvalue weighted by atomic mass is 35.5. The summed E-state index contributed by atoms with van der Waals surface area (Å²) in [7, 11) is 1.80. The van der Waals surface area contributed by atoms with Gasteiger partial charge in [0.1, 0.15) is 17.4 Å². The summed E-state index contributed by atoms with van der Waals surface area (Å²) in [6, 6.07) is 14.6. The van der Waals surface area contributed by atoms with E-state index in [1.165, 1.54) is 11.8 Å². The van der Waals surface area contributed by atoms with Crippen LogP contribution in [-0.4, -0.2) is 30.0 Å². The van der Waals surface area contributed by atoms with Crippen LogP contribution >= 0.6 is 23.4 Å². The Morgan fingerprint density at radius 2 is 1.97 bits per heavy atom. The summed E-state index contributed by atoms with van der Waals surface area (Å²) in [5.74, 6) is 0.537. The molecule has 2 aromatic heterocycles. The number of hydrogen-bond donors (Lipinski definition) is 1. The number of aliphatic hydroxyl groups is 1. The van der Waals surface area contributed by atoms with E-state index in [0.29, 0.717) is 33.5 Å². The van der Waals surface area contributed by atoms with Gasteiger partial charge >= 0.3 is 0 Å². The van der Waals surface area contributed by atoms with Gasteiger partial charge in [-0.25, -0.2) is 9.97 Å². The van der Waals surface area contributed by atoms with Gasteiger partial charge in [0.05, 0.1) is 27.7 Å². The standard InChI is InChI=1S/C24H22ClN5O2S/c1-14(2)12-30-23(32)16-10-15(25)8-9-18(16)28-24(30)33-13-21(31)17(11-26)22-27-19-6-4-5-7-20(19)29(22)3/h4-10,14,31H,12-13H2,1-3H3/b21-17+. The van der Waals surface area contributed by atoms with E-state index in [1.54, 1.807) is 34.4 Å². The van der Waals surface area contributed by atoms with Crippen molar-refractivity contribution in [1.82, 2.24) is 19.1 Å². The first-order valence-electron chi connectivity index (χ1n) is 10.4. The largest absolute Gasteiger partial charge is 0.510 e. The Morgan fingerprint density at radius 3 is 2.67 bits per heavy atom. The lowest BCUT2D eigenvalue weighted by atomic mass is 10.2. The highest BCUT2D eigenvalue weighted by molar-refractivity contribution is 7.99. The molecule has 2 heterocycles. The van der Waals surface area contributed by atoms with Gasteiger partial charge in [0.25, 0.3) is 5.56 Å². The smallest absolute Gasteiger partial charge is 0.262 e. The highest BCUT2D eigenvalue weighted by Crippen LogP contribution is 2.26. The van der Waals surface area contributed by atoms with Gasteiger partial charge in [-0.1, -0.05) is 49.3 Å². The molecule has 0 radical (unpaired) electrons. The Balaban J connectivity index is 1.74. The van der Waals surface area contributed by atoms with Crippen molar-refractivity contribution in [2.45, 2.75) is 25.5 Å². The molecule has 0 amide bonds. The van der Waals surface area contributed by atoms with Crippen molar-refractivity contribution in [2.75, 3.05) is 5.75 Å². The number of nitrogens with zero attached hydrogens (tertiary/aromatic N) is 5. The fraction of sp³-hybridized carbons (Fsp3) is 0.250. The van der Waals surface area contributed by atoms with Crippen LogP contribution in [0.15, 0.2) is 58.2 Å². The van der Waals surface area contributed by atoms with Crippen LogP contribution < -0.4 is 5.56 Å². The molecule has 0 saturated carbocycles. The third-order valence-electron chi connectivity index (χ3n) is 5.18. The number of para-hydroxylation sites is 2. The van der Waals surface area contributed by atoms with Crippen molar-refractivity contribution in [3.8, 4) is 6.07 Å². The number of imidazole rings is 1. The fourth-order valence-electron chi connectivity index (χ4n) is 3.63. The first-order valence-corrected chi connectivity index (χ1v) is 11.7. The summed E-state index contributed by atoms with van der Waals surface area (Å²) in [5.41, 5.74) is 2.04. The van der Waals surface area contributed by atoms with E-state index in [2.05, 4.69) is 16.0 Å². The zero-order valence-corrected chi connectivity index (χ0v) is 20.0. The third kappa shape index (κ3) is 4.47. The van der Waals surface area contributed by atoms with E-state index in [9.17, 15) is 15.2 Å². The number of fused-ring (bicyclic) bond motifs is 2. The van der Waals surface area contributed by atoms with Gasteiger partial charge in [-0.3, -0.25) is 9.36 Å². The number of halogens is 1. The molecule has 0 aliphatic carbocycles. The van der Waals surface area contributed by atoms with Gasteiger partial charge < -0.3 is 9.67 Å². The van der Waals surface area contributed by atoms with Gasteiger partial charge in [-0.2, -0.15) is 5.26 Å². The van der Waals surface area contributed by atoms with Gasteiger partial charge in [0, 0.05) is 18.6 Å². The number of rotatable bonds is 6. The molecule has 0 aliphatic heterocycles. The average Bonchev–Trinajstić information content (AvgIpc) is 3.11. The Kier molecular flexibility index (Phi) is 6.45. The molecule has 0 unspecified atom stereocenters. The molecule has 9 heteroatoms. The van der Waals surface area contributed by atoms with Crippen LogP contribution in [-0.2, 0) is 13.6 Å². The lowest BCUT2D eigenvalue weighted by molar-refractivity contribution is 0.419. The number of aromatic nitrogens is 4. The van der Waals surface area contributed by atoms with E-state index in [0.717, 1.165) is 11.0 Å². The maximum atomic E-state index is 13.1. The summed E-state index contributed by atoms with van der Waals surface area (Å²) in [4.78, 5) is 22.3. The first kappa shape index (κ1) is 22.9. The molecule has 0 aliphatic rings. The molecule has 0 fully saturated rings. The molecule has 2 aromatic carbocycles. The Morgan fingerprint density at radius 1 is 1.21 bits per heavy atom. The third-order valence-corrected chi connectivity index (χ3v) is 6.40. The van der Waals surface area contributed by atoms with Gasteiger partial charge in [0.2, 0.25) is 0 Å². The normalized spacial score (nSPS) is 12.4. The maximum absolute atomic E-state index is 13.1. The molecule has 168 valence electrons. The van der Waals surface area contributed by atoms with E-state index >= 15 is 0 Å². The van der Waals surface area contributed by atoms with Crippen LogP contribution in [0.3, 0.4) is 0 Å². The van der Waals surface area contributed by atoms with Crippen LogP contribution in [0.1, 0.15) is 19.7 Å². The van der Waals surface area contributed by atoms with E-state index < -0.39 is 0 Å². The van der Waals surface area contributed by atoms with E-state index in [1.807, 2.05) is 38.1 Å². The molecule has 4 rings (SSSR count). The minimum atomic E-state index is -0.182. The van der Waals surface area contributed by atoms with E-state index in [4.69, 9.17) is 11.6 Å². The summed E-state index contributed by atoms with van der Waals surface area (Å²) < 4.78 is 3.38. The maximum Gasteiger partial charge on any atom is 0.262 e. The first-order chi connectivity index (χ1) is 15.8. The van der Waals surface area contributed by atoms with E-state index in [-0.39, 0.29) is 28.6 Å². The molecular weight excluding hydrogens is 458 g/mol. The summed E-state index contributed by atoms with van der Waals surface area (Å²) in [6.07, 6.45) is 0. The molecule has 0 atom stereocenters. The quantitative estimate of drug-likeness (QED) is 0.177. The molecular formula is C24H22ClN5O2S. The van der Waals surface area contributed by atoms with Gasteiger partial charge in [0.15, 0.2) is 11.0 Å². The number of allylic oxidation sites excluding steroid dienone is 1. The number of nitriles is 1. The number of benzene rings is 2. The highest BCUT2D eigenvalue weighted by Gasteiger charge is 2.18. The molecule has 0 saturated heterocycles. The summed E-state index contributed by atoms with van der Waals surface area (Å²) >= 11 is 7.29. The lowest BCUT2D eigenvalue weighted by Crippen LogP contribution is -2.25. The molecule has 7 nitrogen and oxygen atoms in total. The predicted octanol–water partition coefficient (Wildman–Crippen LogP) is 5.18. The summed E-state index contributed by atoms with van der Waals surface area (Å²) in [5, 5.41) is 22.0. The number of thioether (sulfide) groups is 1. The Bertz CT molecular complexity index is 1500. The van der Waals surface area contributed by atoms with Gasteiger partial charge in [-0.05, 0) is 36.2 Å². The van der Waals surface area contributed by atoms with Crippen molar-refractivity contribution < 1.29 is 5.11 Å². The topological polar surface area (TPSA) is 96.7 Å². The fourth-order valence-corrected chi connectivity index (χ4v) is 4.69. The number of hydrogen-bond acceptors (Lipinski definition) is 6. The Labute approximate surface area is 200 Å². The van der Waals surface area contributed by atoms with Crippen LogP contribution in [0.5, 0.6) is 0 Å². The minimum absolute atomic E-state index is 0.0652. The van der Waals surface area contributed by atoms with Gasteiger partial charge in [-0.15, -0.1) is 0 Å². The SMILES string of the molecule is CC(C)Cn1c(SC/C(O)=C(/C#N)c2nc3ccccc3n2C)nc2ccc(Cl)cc2c1=O. The molecule has 0 spiro atoms. The van der Waals surface area contributed by atoms with Crippen LogP contribution in [0.2, 0.25) is 5.02 Å². The van der Waals surface area contributed by atoms with Crippen molar-refractivity contribution >= 4 is 50.9 Å². The Hall–Kier alpha value is -3.28. The second kappa shape index (κ2) is 9.30. The van der Waals surface area contributed by atoms with Crippen molar-refractivity contribution in [3.05, 3.63) is 69.4 Å². The van der Waals surface area contributed by atoms with Crippen molar-refractivity contribution in [1.29, 1.82) is 5.26 Å². The zero-order chi connectivity index (χ0) is 23.7. The monoisotopic (exact) mass is 479 g/mol. The number of aliphatic hydroxyl groups excluding tert-OH is 1. The zero-order valence-electron chi connectivity index (χ0n) is 18.4. The van der Waals surface area contributed by atoms with Crippen LogP contribution in [0, 0.1) is 17.2 Å². The second-order valence-electron chi connectivity index (χ2n) is 8.07. The molecule has 0 bridgehead atoms. The number of aryl methyl sites for hydroxylation is 1. The average molecular weight is 480 g/mol. The van der Waals surface area contributed by atoms with Crippen molar-refractivity contribution in [2.24, 2.45) is 13.0 Å². The lowest BCUT2D eigenvalue weighted by Gasteiger charge is -2.15. The van der Waals surface area contributed by atoms with Crippen LogP contribution in [0.25, 0.3) is 27.5 Å². The molecule has 4 aromatic rings. The molecule has 33 heavy (non-hydrogen) atoms.